The fraction of sp³-hybridized carbons (Fsp3) is 1.00. The molecule has 11 atom stereocenters. The predicted molar refractivity (Wildman–Crippen MR) is 116 cm³/mol. The van der Waals surface area contributed by atoms with Gasteiger partial charge in [0.2, 0.25) is 5.92 Å². The number of alkyl halides is 2. The molecule has 0 spiro atoms. The Balaban J connectivity index is 1.64. The SMILES string of the molecule is CC[C@H]1[C@@H](O)[C@H]2C3CC[C@H]([C@H](C)CC(C)(F)F)[C@@]3(C)CCC2[C@@]2(C)CC[C@@H](O)C[C@@H]12. The van der Waals surface area contributed by atoms with Gasteiger partial charge in [0.15, 0.2) is 0 Å². The molecule has 0 amide bonds. The molecule has 4 fully saturated rings. The Morgan fingerprint density at radius 3 is 2.23 bits per heavy atom. The summed E-state index contributed by atoms with van der Waals surface area (Å²) in [5, 5.41) is 22.1. The van der Waals surface area contributed by atoms with Gasteiger partial charge in [0, 0.05) is 6.42 Å². The Kier molecular flexibility index (Phi) is 5.88. The van der Waals surface area contributed by atoms with E-state index in [0.717, 1.165) is 58.3 Å². The van der Waals surface area contributed by atoms with Crippen LogP contribution in [0, 0.1) is 52.3 Å². The molecular weight excluding hydrogens is 382 g/mol. The zero-order chi connectivity index (χ0) is 22.1. The summed E-state index contributed by atoms with van der Waals surface area (Å²) in [5.41, 5.74) is 0.272. The van der Waals surface area contributed by atoms with E-state index in [1.165, 1.54) is 0 Å². The molecule has 0 aromatic carbocycles. The van der Waals surface area contributed by atoms with Crippen LogP contribution in [0.1, 0.15) is 92.4 Å². The average Bonchev–Trinajstić information content (AvgIpc) is 2.99. The number of rotatable bonds is 4. The van der Waals surface area contributed by atoms with Gasteiger partial charge in [-0.15, -0.1) is 0 Å². The number of hydrogen-bond acceptors (Lipinski definition) is 2. The summed E-state index contributed by atoms with van der Waals surface area (Å²) in [6.45, 7) is 10.1. The first-order chi connectivity index (χ1) is 13.9. The summed E-state index contributed by atoms with van der Waals surface area (Å²) in [5.74, 6) is -0.342. The molecule has 0 aromatic heterocycles. The maximum Gasteiger partial charge on any atom is 0.245 e. The molecule has 2 nitrogen and oxygen atoms in total. The molecule has 0 aromatic rings. The molecule has 0 radical (unpaired) electrons. The minimum Gasteiger partial charge on any atom is -0.393 e. The third-order valence-corrected chi connectivity index (χ3v) is 10.8. The van der Waals surface area contributed by atoms with Crippen LogP contribution in [0.5, 0.6) is 0 Å². The van der Waals surface area contributed by atoms with Crippen molar-refractivity contribution in [2.75, 3.05) is 0 Å². The van der Waals surface area contributed by atoms with E-state index in [-0.39, 0.29) is 41.3 Å². The monoisotopic (exact) mass is 426 g/mol. The highest BCUT2D eigenvalue weighted by molar-refractivity contribution is 5.13. The van der Waals surface area contributed by atoms with Crippen LogP contribution >= 0.6 is 0 Å². The van der Waals surface area contributed by atoms with E-state index in [9.17, 15) is 19.0 Å². The summed E-state index contributed by atoms with van der Waals surface area (Å²) in [4.78, 5) is 0. The zero-order valence-electron chi connectivity index (χ0n) is 19.7. The molecular formula is C26H44F2O2. The van der Waals surface area contributed by atoms with Gasteiger partial charge in [0.25, 0.3) is 0 Å². The van der Waals surface area contributed by atoms with Crippen molar-refractivity contribution in [3.63, 3.8) is 0 Å². The van der Waals surface area contributed by atoms with Crippen LogP contribution in [0.3, 0.4) is 0 Å². The molecule has 4 rings (SSSR count). The lowest BCUT2D eigenvalue weighted by Crippen LogP contribution is -2.62. The largest absolute Gasteiger partial charge is 0.393 e. The van der Waals surface area contributed by atoms with Crippen LogP contribution in [0.25, 0.3) is 0 Å². The second-order valence-electron chi connectivity index (χ2n) is 12.4. The number of aliphatic hydroxyl groups excluding tert-OH is 2. The van der Waals surface area contributed by atoms with Gasteiger partial charge in [0.05, 0.1) is 12.2 Å². The van der Waals surface area contributed by atoms with Crippen molar-refractivity contribution < 1.29 is 19.0 Å². The first kappa shape index (κ1) is 23.0. The van der Waals surface area contributed by atoms with E-state index >= 15 is 0 Å². The van der Waals surface area contributed by atoms with Crippen molar-refractivity contribution in [3.8, 4) is 0 Å². The average molecular weight is 427 g/mol. The topological polar surface area (TPSA) is 40.5 Å². The van der Waals surface area contributed by atoms with Crippen LogP contribution in [0.4, 0.5) is 8.78 Å². The Morgan fingerprint density at radius 1 is 0.967 bits per heavy atom. The Bertz CT molecular complexity index is 633. The van der Waals surface area contributed by atoms with E-state index in [1.807, 2.05) is 6.92 Å². The van der Waals surface area contributed by atoms with Gasteiger partial charge < -0.3 is 10.2 Å². The van der Waals surface area contributed by atoms with Crippen LogP contribution in [-0.4, -0.2) is 28.3 Å². The molecule has 30 heavy (non-hydrogen) atoms. The highest BCUT2D eigenvalue weighted by Gasteiger charge is 2.65. The Labute approximate surface area is 182 Å². The first-order valence-corrected chi connectivity index (χ1v) is 12.7. The lowest BCUT2D eigenvalue weighted by atomic mass is 9.41. The zero-order valence-corrected chi connectivity index (χ0v) is 19.7. The van der Waals surface area contributed by atoms with Crippen LogP contribution < -0.4 is 0 Å². The van der Waals surface area contributed by atoms with Gasteiger partial charge in [-0.1, -0.05) is 34.1 Å². The molecule has 4 aliphatic carbocycles. The van der Waals surface area contributed by atoms with Gasteiger partial charge in [0.1, 0.15) is 0 Å². The molecule has 0 bridgehead atoms. The second kappa shape index (κ2) is 7.68. The van der Waals surface area contributed by atoms with E-state index < -0.39 is 5.92 Å². The molecule has 4 heteroatoms. The van der Waals surface area contributed by atoms with Crippen LogP contribution in [0.2, 0.25) is 0 Å². The highest BCUT2D eigenvalue weighted by atomic mass is 19.3. The van der Waals surface area contributed by atoms with E-state index in [2.05, 4.69) is 20.8 Å². The third-order valence-electron chi connectivity index (χ3n) is 10.8. The van der Waals surface area contributed by atoms with Gasteiger partial charge in [-0.2, -0.15) is 0 Å². The lowest BCUT2D eigenvalue weighted by Gasteiger charge is -2.64. The minimum atomic E-state index is -2.60. The van der Waals surface area contributed by atoms with Gasteiger partial charge in [-0.3, -0.25) is 0 Å². The number of hydrogen-bond donors (Lipinski definition) is 2. The second-order valence-corrected chi connectivity index (χ2v) is 12.4. The van der Waals surface area contributed by atoms with E-state index in [0.29, 0.717) is 29.6 Å². The molecule has 0 heterocycles. The highest BCUT2D eigenvalue weighted by Crippen LogP contribution is 2.69. The molecule has 0 saturated heterocycles. The third kappa shape index (κ3) is 3.47. The van der Waals surface area contributed by atoms with Crippen molar-refractivity contribution in [1.82, 2.24) is 0 Å². The number of halogens is 2. The van der Waals surface area contributed by atoms with Gasteiger partial charge in [-0.25, -0.2) is 8.78 Å². The van der Waals surface area contributed by atoms with Crippen LogP contribution in [-0.2, 0) is 0 Å². The molecule has 2 N–H and O–H groups in total. The lowest BCUT2D eigenvalue weighted by molar-refractivity contribution is -0.203. The maximum absolute atomic E-state index is 13.8. The standard InChI is InChI=1S/C26H44F2O2/c1-6-17-21-13-16(29)9-11-25(21,4)20-10-12-24(3)18(15(2)14-26(5,27)28)7-8-19(24)22(20)23(17)30/h15-23,29-30H,6-14H2,1-5H3/t15-,16-,17-,18-,19?,20?,21+,22+,23-,24-,25-/m1/s1. The van der Waals surface area contributed by atoms with Crippen molar-refractivity contribution in [3.05, 3.63) is 0 Å². The summed E-state index contributed by atoms with van der Waals surface area (Å²) in [6, 6.07) is 0. The number of aliphatic hydroxyl groups is 2. The van der Waals surface area contributed by atoms with Crippen molar-refractivity contribution >= 4 is 0 Å². The van der Waals surface area contributed by atoms with Gasteiger partial charge >= 0.3 is 0 Å². The van der Waals surface area contributed by atoms with Crippen molar-refractivity contribution in [2.45, 2.75) is 111 Å². The van der Waals surface area contributed by atoms with E-state index in [4.69, 9.17) is 0 Å². The summed E-state index contributed by atoms with van der Waals surface area (Å²) in [7, 11) is 0. The summed E-state index contributed by atoms with van der Waals surface area (Å²) < 4.78 is 27.6. The molecule has 174 valence electrons. The maximum atomic E-state index is 13.8. The Morgan fingerprint density at radius 2 is 1.60 bits per heavy atom. The molecule has 2 unspecified atom stereocenters. The molecule has 4 aliphatic rings. The van der Waals surface area contributed by atoms with Gasteiger partial charge in [-0.05, 0) is 104 Å². The normalized spacial score (nSPS) is 52.3. The quantitative estimate of drug-likeness (QED) is 0.554. The fourth-order valence-electron chi connectivity index (χ4n) is 9.64. The van der Waals surface area contributed by atoms with E-state index in [1.54, 1.807) is 0 Å². The number of fused-ring (bicyclic) bond motifs is 5. The minimum absolute atomic E-state index is 0.0208. The van der Waals surface area contributed by atoms with Crippen molar-refractivity contribution in [2.24, 2.45) is 52.3 Å². The fourth-order valence-corrected chi connectivity index (χ4v) is 9.64. The molecule has 4 saturated carbocycles. The summed E-state index contributed by atoms with van der Waals surface area (Å²) in [6.07, 6.45) is 7.53. The summed E-state index contributed by atoms with van der Waals surface area (Å²) >= 11 is 0. The van der Waals surface area contributed by atoms with Crippen molar-refractivity contribution in [1.29, 1.82) is 0 Å². The van der Waals surface area contributed by atoms with Crippen LogP contribution in [0.15, 0.2) is 0 Å². The Hall–Kier alpha value is -0.220. The smallest absolute Gasteiger partial charge is 0.245 e. The first-order valence-electron chi connectivity index (χ1n) is 12.7. The molecule has 0 aliphatic heterocycles. The predicted octanol–water partition coefficient (Wildman–Crippen LogP) is 6.29.